The number of nitrogens with zero attached hydrogens (tertiary/aromatic N) is 4. The van der Waals surface area contributed by atoms with Gasteiger partial charge in [-0.05, 0) is 37.7 Å². The molecule has 0 saturated heterocycles. The molecule has 0 aliphatic heterocycles. The van der Waals surface area contributed by atoms with Crippen molar-refractivity contribution in [3.05, 3.63) is 39.7 Å². The molecular weight excluding hydrogens is 321 g/mol. The van der Waals surface area contributed by atoms with Gasteiger partial charge in [0.2, 0.25) is 0 Å². The fourth-order valence-corrected chi connectivity index (χ4v) is 2.85. The molecule has 6 nitrogen and oxygen atoms in total. The molecule has 118 valence electrons. The Morgan fingerprint density at radius 1 is 1.36 bits per heavy atom. The van der Waals surface area contributed by atoms with Crippen molar-refractivity contribution in [2.24, 2.45) is 0 Å². The van der Waals surface area contributed by atoms with Crippen molar-refractivity contribution in [3.63, 3.8) is 0 Å². The summed E-state index contributed by atoms with van der Waals surface area (Å²) < 4.78 is 39.7. The van der Waals surface area contributed by atoms with Crippen LogP contribution < -0.4 is 0 Å². The first-order valence-electron chi connectivity index (χ1n) is 6.17. The van der Waals surface area contributed by atoms with Gasteiger partial charge in [0.05, 0.1) is 15.4 Å². The van der Waals surface area contributed by atoms with Gasteiger partial charge in [-0.1, -0.05) is 0 Å². The maximum atomic E-state index is 12.7. The second kappa shape index (κ2) is 5.95. The highest BCUT2D eigenvalue weighted by Gasteiger charge is 2.33. The number of alkyl halides is 3. The zero-order valence-corrected chi connectivity index (χ0v) is 12.4. The van der Waals surface area contributed by atoms with Crippen molar-refractivity contribution in [2.75, 3.05) is 0 Å². The minimum absolute atomic E-state index is 0.0834. The largest absolute Gasteiger partial charge is 0.416 e. The summed E-state index contributed by atoms with van der Waals surface area (Å²) in [5, 5.41) is 19.2. The number of benzene rings is 1. The smallest absolute Gasteiger partial charge is 0.306 e. The van der Waals surface area contributed by atoms with Gasteiger partial charge in [-0.25, -0.2) is 0 Å². The summed E-state index contributed by atoms with van der Waals surface area (Å²) in [6.07, 6.45) is -4.63. The van der Waals surface area contributed by atoms with E-state index in [9.17, 15) is 23.3 Å². The zero-order valence-electron chi connectivity index (χ0n) is 11.6. The fraction of sp³-hybridized carbons (Fsp3) is 0.333. The molecule has 0 saturated carbocycles. The summed E-state index contributed by atoms with van der Waals surface area (Å²) in [6.45, 7) is 4.12. The summed E-state index contributed by atoms with van der Waals surface area (Å²) in [7, 11) is 0. The number of nitro benzene ring substituents is 1. The number of rotatable bonds is 4. The van der Waals surface area contributed by atoms with E-state index in [1.165, 1.54) is 0 Å². The molecule has 0 aliphatic rings. The molecule has 0 bridgehead atoms. The Hall–Kier alpha value is -2.10. The van der Waals surface area contributed by atoms with Crippen molar-refractivity contribution in [3.8, 4) is 0 Å². The van der Waals surface area contributed by atoms with Crippen LogP contribution in [0.15, 0.2) is 28.3 Å². The fourth-order valence-electron chi connectivity index (χ4n) is 1.82. The molecule has 2 aromatic rings. The first-order chi connectivity index (χ1) is 10.2. The van der Waals surface area contributed by atoms with Crippen LogP contribution in [0.5, 0.6) is 0 Å². The number of hydrogen-bond acceptors (Lipinski definition) is 5. The van der Waals surface area contributed by atoms with Gasteiger partial charge >= 0.3 is 6.18 Å². The summed E-state index contributed by atoms with van der Waals surface area (Å²) in [5.41, 5.74) is -1.67. The van der Waals surface area contributed by atoms with E-state index < -0.39 is 22.4 Å². The first kappa shape index (κ1) is 16.3. The number of halogens is 3. The maximum absolute atomic E-state index is 12.7. The van der Waals surface area contributed by atoms with Gasteiger partial charge in [0.1, 0.15) is 5.82 Å². The third kappa shape index (κ3) is 3.21. The van der Waals surface area contributed by atoms with E-state index in [4.69, 9.17) is 0 Å². The topological polar surface area (TPSA) is 73.8 Å². The van der Waals surface area contributed by atoms with E-state index in [0.29, 0.717) is 23.6 Å². The Labute approximate surface area is 127 Å². The quantitative estimate of drug-likeness (QED) is 0.631. The lowest BCUT2D eigenvalue weighted by Gasteiger charge is -2.09. The highest BCUT2D eigenvalue weighted by atomic mass is 32.2. The van der Waals surface area contributed by atoms with E-state index in [2.05, 4.69) is 10.2 Å². The molecule has 1 aromatic carbocycles. The van der Waals surface area contributed by atoms with Gasteiger partial charge in [-0.3, -0.25) is 10.1 Å². The third-order valence-electron chi connectivity index (χ3n) is 2.90. The Morgan fingerprint density at radius 3 is 2.59 bits per heavy atom. The van der Waals surface area contributed by atoms with E-state index >= 15 is 0 Å². The molecule has 0 spiro atoms. The standard InChI is InChI=1S/C12H11F3N4O2S/c1-3-18-7(2)16-17-11(18)22-10-5-4-8(12(13,14)15)6-9(10)19(20)21/h4-6H,3H2,1-2H3. The lowest BCUT2D eigenvalue weighted by atomic mass is 10.2. The molecule has 0 aliphatic carbocycles. The molecule has 22 heavy (non-hydrogen) atoms. The number of hydrogen-bond donors (Lipinski definition) is 0. The molecular formula is C12H11F3N4O2S. The van der Waals surface area contributed by atoms with Crippen LogP contribution >= 0.6 is 11.8 Å². The molecule has 0 radical (unpaired) electrons. The molecule has 0 unspecified atom stereocenters. The van der Waals surface area contributed by atoms with Gasteiger partial charge in [0, 0.05) is 12.6 Å². The average molecular weight is 332 g/mol. The average Bonchev–Trinajstić information content (AvgIpc) is 2.78. The molecule has 1 heterocycles. The lowest BCUT2D eigenvalue weighted by molar-refractivity contribution is -0.388. The van der Waals surface area contributed by atoms with Gasteiger partial charge in [0.15, 0.2) is 5.16 Å². The molecule has 2 rings (SSSR count). The van der Waals surface area contributed by atoms with Gasteiger partial charge < -0.3 is 4.57 Å². The van der Waals surface area contributed by atoms with Gasteiger partial charge in [0.25, 0.3) is 5.69 Å². The summed E-state index contributed by atoms with van der Waals surface area (Å²) >= 11 is 0.914. The summed E-state index contributed by atoms with van der Waals surface area (Å²) in [5.74, 6) is 0.625. The molecule has 0 amide bonds. The van der Waals surface area contributed by atoms with Crippen molar-refractivity contribution < 1.29 is 18.1 Å². The Bertz CT molecular complexity index is 715. The minimum atomic E-state index is -4.63. The molecule has 1 aromatic heterocycles. The van der Waals surface area contributed by atoms with Crippen LogP contribution in [0.4, 0.5) is 18.9 Å². The molecule has 0 N–H and O–H groups in total. The van der Waals surface area contributed by atoms with E-state index in [-0.39, 0.29) is 4.90 Å². The molecule has 0 fully saturated rings. The normalized spacial score (nSPS) is 11.7. The second-order valence-corrected chi connectivity index (χ2v) is 5.32. The number of nitro groups is 1. The van der Waals surface area contributed by atoms with Crippen LogP contribution in [-0.2, 0) is 12.7 Å². The van der Waals surface area contributed by atoms with Crippen molar-refractivity contribution >= 4 is 17.4 Å². The Morgan fingerprint density at radius 2 is 2.05 bits per heavy atom. The first-order valence-corrected chi connectivity index (χ1v) is 6.99. The third-order valence-corrected chi connectivity index (χ3v) is 3.95. The summed E-state index contributed by atoms with van der Waals surface area (Å²) in [6, 6.07) is 2.42. The van der Waals surface area contributed by atoms with E-state index in [0.717, 1.165) is 23.9 Å². The molecule has 0 atom stereocenters. The summed E-state index contributed by atoms with van der Waals surface area (Å²) in [4.78, 5) is 10.3. The van der Waals surface area contributed by atoms with Crippen LogP contribution in [-0.4, -0.2) is 19.7 Å². The Balaban J connectivity index is 2.45. The maximum Gasteiger partial charge on any atom is 0.416 e. The number of aromatic nitrogens is 3. The highest BCUT2D eigenvalue weighted by Crippen LogP contribution is 2.38. The molecule has 10 heteroatoms. The number of aryl methyl sites for hydroxylation is 1. The van der Waals surface area contributed by atoms with Crippen molar-refractivity contribution in [2.45, 2.75) is 36.6 Å². The second-order valence-electron chi connectivity index (χ2n) is 4.31. The lowest BCUT2D eigenvalue weighted by Crippen LogP contribution is -2.06. The van der Waals surface area contributed by atoms with Crippen LogP contribution in [0.25, 0.3) is 0 Å². The predicted octanol–water partition coefficient (Wildman–Crippen LogP) is 3.68. The Kier molecular flexibility index (Phi) is 4.40. The van der Waals surface area contributed by atoms with Crippen LogP contribution in [0.2, 0.25) is 0 Å². The monoisotopic (exact) mass is 332 g/mol. The van der Waals surface area contributed by atoms with Crippen LogP contribution in [0.3, 0.4) is 0 Å². The van der Waals surface area contributed by atoms with Gasteiger partial charge in [-0.15, -0.1) is 10.2 Å². The van der Waals surface area contributed by atoms with Crippen molar-refractivity contribution in [1.82, 2.24) is 14.8 Å². The van der Waals surface area contributed by atoms with Gasteiger partial charge in [-0.2, -0.15) is 13.2 Å². The predicted molar refractivity (Wildman–Crippen MR) is 72.7 cm³/mol. The van der Waals surface area contributed by atoms with Crippen molar-refractivity contribution in [1.29, 1.82) is 0 Å². The minimum Gasteiger partial charge on any atom is -0.306 e. The zero-order chi connectivity index (χ0) is 16.5. The van der Waals surface area contributed by atoms with Crippen LogP contribution in [0.1, 0.15) is 18.3 Å². The van der Waals surface area contributed by atoms with Crippen LogP contribution in [0, 0.1) is 17.0 Å². The highest BCUT2D eigenvalue weighted by molar-refractivity contribution is 7.99. The van der Waals surface area contributed by atoms with E-state index in [1.54, 1.807) is 11.5 Å². The SMILES string of the molecule is CCn1c(C)nnc1Sc1ccc(C(F)(F)F)cc1[N+](=O)[O-]. The van der Waals surface area contributed by atoms with E-state index in [1.807, 2.05) is 6.92 Å².